The molecular formula is C20H23FN4O2S. The molecule has 6 nitrogen and oxygen atoms in total. The molecule has 3 aromatic rings. The third-order valence-electron chi connectivity index (χ3n) is 4.02. The van der Waals surface area contributed by atoms with Crippen LogP contribution in [0.15, 0.2) is 35.0 Å². The van der Waals surface area contributed by atoms with Crippen LogP contribution >= 0.6 is 11.3 Å². The lowest BCUT2D eigenvalue weighted by Crippen LogP contribution is -2.13. The summed E-state index contributed by atoms with van der Waals surface area (Å²) in [4.78, 5) is 21.7. The second-order valence-corrected chi connectivity index (χ2v) is 8.71. The highest BCUT2D eigenvalue weighted by Crippen LogP contribution is 2.22. The van der Waals surface area contributed by atoms with Crippen molar-refractivity contribution >= 4 is 22.4 Å². The minimum absolute atomic E-state index is 0.0988. The summed E-state index contributed by atoms with van der Waals surface area (Å²) in [7, 11) is 0. The number of carbonyl (C=O) groups is 1. The maximum absolute atomic E-state index is 13.0. The predicted octanol–water partition coefficient (Wildman–Crippen LogP) is 4.51. The van der Waals surface area contributed by atoms with Crippen LogP contribution in [0, 0.1) is 5.82 Å². The van der Waals surface area contributed by atoms with Crippen molar-refractivity contribution in [2.75, 3.05) is 5.32 Å². The quantitative estimate of drug-likeness (QED) is 0.629. The van der Waals surface area contributed by atoms with Crippen LogP contribution in [-0.4, -0.2) is 21.0 Å². The summed E-state index contributed by atoms with van der Waals surface area (Å²) in [5.41, 5.74) is 0.840. The van der Waals surface area contributed by atoms with Crippen molar-refractivity contribution in [3.8, 4) is 0 Å². The Balaban J connectivity index is 1.44. The van der Waals surface area contributed by atoms with Gasteiger partial charge in [-0.15, -0.1) is 11.3 Å². The molecule has 148 valence electrons. The number of aryl methyl sites for hydroxylation is 1. The number of nitrogens with one attached hydrogen (secondary N) is 1. The Labute approximate surface area is 167 Å². The lowest BCUT2D eigenvalue weighted by Gasteiger charge is -2.10. The molecule has 2 aromatic heterocycles. The molecule has 0 saturated heterocycles. The van der Waals surface area contributed by atoms with Gasteiger partial charge < -0.3 is 9.84 Å². The molecule has 28 heavy (non-hydrogen) atoms. The smallest absolute Gasteiger partial charge is 0.226 e. The number of amides is 1. The Bertz CT molecular complexity index is 928. The van der Waals surface area contributed by atoms with Crippen LogP contribution in [0.4, 0.5) is 9.52 Å². The first kappa shape index (κ1) is 20.1. The number of nitrogens with zero attached hydrogens (tertiary/aromatic N) is 3. The number of aromatic nitrogens is 3. The van der Waals surface area contributed by atoms with Crippen LogP contribution in [0.1, 0.15) is 55.8 Å². The fourth-order valence-corrected chi connectivity index (χ4v) is 3.36. The van der Waals surface area contributed by atoms with Crippen LogP contribution in [0.5, 0.6) is 0 Å². The van der Waals surface area contributed by atoms with E-state index < -0.39 is 0 Å². The lowest BCUT2D eigenvalue weighted by molar-refractivity contribution is -0.116. The van der Waals surface area contributed by atoms with Gasteiger partial charge in [-0.25, -0.2) is 9.37 Å². The number of carbonyl (C=O) groups excluding carboxylic acids is 1. The minimum atomic E-state index is -0.254. The van der Waals surface area contributed by atoms with E-state index in [1.165, 1.54) is 23.5 Å². The fraction of sp³-hybridized carbons (Fsp3) is 0.400. The Kier molecular flexibility index (Phi) is 6.18. The molecule has 0 aliphatic rings. The van der Waals surface area contributed by atoms with Crippen LogP contribution in [0.2, 0.25) is 0 Å². The molecule has 3 rings (SSSR count). The summed E-state index contributed by atoms with van der Waals surface area (Å²) in [5, 5.41) is 7.36. The molecule has 8 heteroatoms. The van der Waals surface area contributed by atoms with E-state index in [0.717, 1.165) is 10.4 Å². The molecule has 1 amide bonds. The van der Waals surface area contributed by atoms with E-state index in [1.807, 2.05) is 20.8 Å². The topological polar surface area (TPSA) is 80.9 Å². The summed E-state index contributed by atoms with van der Waals surface area (Å²) >= 11 is 1.42. The molecule has 0 fully saturated rings. The van der Waals surface area contributed by atoms with E-state index in [2.05, 4.69) is 20.4 Å². The molecule has 0 atom stereocenters. The summed E-state index contributed by atoms with van der Waals surface area (Å²) in [6, 6.07) is 6.37. The number of benzene rings is 1. The van der Waals surface area contributed by atoms with E-state index >= 15 is 0 Å². The van der Waals surface area contributed by atoms with Crippen molar-refractivity contribution < 1.29 is 13.7 Å². The molecule has 0 bridgehead atoms. The van der Waals surface area contributed by atoms with Gasteiger partial charge >= 0.3 is 0 Å². The predicted molar refractivity (Wildman–Crippen MR) is 106 cm³/mol. The second-order valence-electron chi connectivity index (χ2n) is 7.60. The Morgan fingerprint density at radius 3 is 2.68 bits per heavy atom. The first-order valence-corrected chi connectivity index (χ1v) is 9.93. The van der Waals surface area contributed by atoms with Crippen molar-refractivity contribution in [2.45, 2.75) is 51.9 Å². The SMILES string of the molecule is CC(C)(C)c1noc(CCCC(=O)Nc2ncc(Cc3ccc(F)cc3)s2)n1. The maximum Gasteiger partial charge on any atom is 0.226 e. The van der Waals surface area contributed by atoms with Gasteiger partial charge in [-0.3, -0.25) is 4.79 Å². The zero-order valence-corrected chi connectivity index (χ0v) is 17.0. The van der Waals surface area contributed by atoms with E-state index in [0.29, 0.717) is 42.5 Å². The molecular weight excluding hydrogens is 379 g/mol. The van der Waals surface area contributed by atoms with Gasteiger partial charge in [-0.1, -0.05) is 38.1 Å². The van der Waals surface area contributed by atoms with Crippen LogP contribution in [0.3, 0.4) is 0 Å². The van der Waals surface area contributed by atoms with Gasteiger partial charge in [0.25, 0.3) is 0 Å². The first-order chi connectivity index (χ1) is 13.3. The Morgan fingerprint density at radius 1 is 1.25 bits per heavy atom. The van der Waals surface area contributed by atoms with Gasteiger partial charge in [0.1, 0.15) is 5.82 Å². The summed E-state index contributed by atoms with van der Waals surface area (Å²) in [6.45, 7) is 6.06. The van der Waals surface area contributed by atoms with Gasteiger partial charge in [0.05, 0.1) is 0 Å². The molecule has 0 unspecified atom stereocenters. The average Bonchev–Trinajstić information content (AvgIpc) is 3.26. The summed E-state index contributed by atoms with van der Waals surface area (Å²) in [5.74, 6) is 0.867. The lowest BCUT2D eigenvalue weighted by atomic mass is 9.96. The van der Waals surface area contributed by atoms with Crippen LogP contribution in [0.25, 0.3) is 0 Å². The number of halogens is 1. The summed E-state index contributed by atoms with van der Waals surface area (Å²) in [6.07, 6.45) is 3.91. The average molecular weight is 402 g/mol. The van der Waals surface area contributed by atoms with Crippen molar-refractivity contribution in [3.63, 3.8) is 0 Å². The zero-order valence-electron chi connectivity index (χ0n) is 16.2. The third-order valence-corrected chi connectivity index (χ3v) is 4.94. The normalized spacial score (nSPS) is 11.6. The Morgan fingerprint density at radius 2 is 2.00 bits per heavy atom. The van der Waals surface area contributed by atoms with Gasteiger partial charge in [-0.2, -0.15) is 4.98 Å². The summed E-state index contributed by atoms with van der Waals surface area (Å²) < 4.78 is 18.2. The van der Waals surface area contributed by atoms with Crippen molar-refractivity contribution in [2.24, 2.45) is 0 Å². The number of hydrogen-bond acceptors (Lipinski definition) is 6. The molecule has 1 N–H and O–H groups in total. The largest absolute Gasteiger partial charge is 0.339 e. The number of thiazole rings is 1. The van der Waals surface area contributed by atoms with E-state index in [-0.39, 0.29) is 17.1 Å². The molecule has 1 aromatic carbocycles. The highest BCUT2D eigenvalue weighted by molar-refractivity contribution is 7.15. The van der Waals surface area contributed by atoms with Crippen LogP contribution in [-0.2, 0) is 23.1 Å². The van der Waals surface area contributed by atoms with E-state index in [4.69, 9.17) is 4.52 Å². The Hall–Kier alpha value is -2.61. The zero-order chi connectivity index (χ0) is 20.1. The van der Waals surface area contributed by atoms with E-state index in [9.17, 15) is 9.18 Å². The van der Waals surface area contributed by atoms with Crippen molar-refractivity contribution in [1.82, 2.24) is 15.1 Å². The highest BCUT2D eigenvalue weighted by atomic mass is 32.1. The number of hydrogen-bond donors (Lipinski definition) is 1. The molecule has 0 radical (unpaired) electrons. The monoisotopic (exact) mass is 402 g/mol. The highest BCUT2D eigenvalue weighted by Gasteiger charge is 2.20. The molecule has 0 saturated carbocycles. The molecule has 2 heterocycles. The fourth-order valence-electron chi connectivity index (χ4n) is 2.49. The van der Waals surface area contributed by atoms with Gasteiger partial charge in [-0.05, 0) is 24.1 Å². The van der Waals surface area contributed by atoms with Gasteiger partial charge in [0.15, 0.2) is 11.0 Å². The molecule has 0 aliphatic heterocycles. The van der Waals surface area contributed by atoms with E-state index in [1.54, 1.807) is 18.3 Å². The molecule has 0 spiro atoms. The number of rotatable bonds is 7. The van der Waals surface area contributed by atoms with Crippen molar-refractivity contribution in [1.29, 1.82) is 0 Å². The maximum atomic E-state index is 13.0. The minimum Gasteiger partial charge on any atom is -0.339 e. The number of anilines is 1. The first-order valence-electron chi connectivity index (χ1n) is 9.11. The van der Waals surface area contributed by atoms with Gasteiger partial charge in [0, 0.05) is 35.8 Å². The second kappa shape index (κ2) is 8.60. The van der Waals surface area contributed by atoms with Gasteiger partial charge in [0.2, 0.25) is 11.8 Å². The van der Waals surface area contributed by atoms with Crippen LogP contribution < -0.4 is 5.32 Å². The molecule has 0 aliphatic carbocycles. The van der Waals surface area contributed by atoms with Crippen molar-refractivity contribution in [3.05, 3.63) is 58.4 Å². The third kappa shape index (κ3) is 5.69. The standard InChI is InChI=1S/C20H23FN4O2S/c1-20(2,3)18-24-17(27-25-18)6-4-5-16(26)23-19-22-12-15(28-19)11-13-7-9-14(21)10-8-13/h7-10,12H,4-6,11H2,1-3H3,(H,22,23,26).